The monoisotopic (exact) mass is 343 g/mol. The first-order valence-corrected chi connectivity index (χ1v) is 9.30. The third kappa shape index (κ3) is 5.47. The van der Waals surface area contributed by atoms with E-state index in [0.29, 0.717) is 11.6 Å². The van der Waals surface area contributed by atoms with Gasteiger partial charge in [0.05, 0.1) is 16.8 Å². The molecule has 2 aliphatic heterocycles. The van der Waals surface area contributed by atoms with Crippen LogP contribution in [0, 0.1) is 11.3 Å². The predicted molar refractivity (Wildman–Crippen MR) is 100 cm³/mol. The van der Waals surface area contributed by atoms with Crippen molar-refractivity contribution < 1.29 is 9.90 Å². The van der Waals surface area contributed by atoms with E-state index in [4.69, 9.17) is 5.11 Å². The van der Waals surface area contributed by atoms with E-state index >= 15 is 0 Å². The second-order valence-electron chi connectivity index (χ2n) is 7.04. The van der Waals surface area contributed by atoms with Crippen LogP contribution in [-0.4, -0.2) is 36.2 Å². The van der Waals surface area contributed by atoms with Crippen LogP contribution < -0.4 is 10.2 Å². The van der Waals surface area contributed by atoms with Gasteiger partial charge in [-0.2, -0.15) is 5.26 Å². The lowest BCUT2D eigenvalue weighted by Crippen LogP contribution is -2.37. The van der Waals surface area contributed by atoms with Gasteiger partial charge in [-0.1, -0.05) is 6.42 Å². The van der Waals surface area contributed by atoms with Gasteiger partial charge in [0.1, 0.15) is 6.07 Å². The van der Waals surface area contributed by atoms with Gasteiger partial charge >= 0.3 is 5.97 Å². The molecule has 2 atom stereocenters. The largest absolute Gasteiger partial charge is 0.478 e. The summed E-state index contributed by atoms with van der Waals surface area (Å²) in [5.74, 6) is -0.996. The molecule has 5 heteroatoms. The molecule has 2 saturated heterocycles. The molecule has 2 fully saturated rings. The van der Waals surface area contributed by atoms with E-state index in [1.54, 1.807) is 12.1 Å². The lowest BCUT2D eigenvalue weighted by molar-refractivity contribution is 0.0697. The Labute approximate surface area is 150 Å². The number of carboxylic acids is 1. The maximum atomic E-state index is 10.9. The summed E-state index contributed by atoms with van der Waals surface area (Å²) in [5.41, 5.74) is 1.47. The minimum atomic E-state index is -0.996. The molecule has 1 aromatic rings. The molecule has 0 saturated carbocycles. The minimum absolute atomic E-state index is 0.167. The van der Waals surface area contributed by atoms with Gasteiger partial charge in [-0.25, -0.2) is 4.79 Å². The minimum Gasteiger partial charge on any atom is -0.478 e. The molecule has 136 valence electrons. The van der Waals surface area contributed by atoms with Crippen LogP contribution in [0.4, 0.5) is 5.69 Å². The number of rotatable bonds is 2. The molecule has 0 spiro atoms. The summed E-state index contributed by atoms with van der Waals surface area (Å²) < 4.78 is 0. The number of anilines is 1. The maximum absolute atomic E-state index is 10.9. The third-order valence-electron chi connectivity index (χ3n) is 5.03. The summed E-state index contributed by atoms with van der Waals surface area (Å²) >= 11 is 0. The molecular formula is C20H29N3O2. The van der Waals surface area contributed by atoms with Crippen molar-refractivity contribution in [1.29, 1.82) is 5.26 Å². The first kappa shape index (κ1) is 19.3. The van der Waals surface area contributed by atoms with Gasteiger partial charge in [-0.3, -0.25) is 0 Å². The Bertz CT molecular complexity index is 618. The highest BCUT2D eigenvalue weighted by Crippen LogP contribution is 2.28. The summed E-state index contributed by atoms with van der Waals surface area (Å²) in [6.07, 6.45) is 7.63. The van der Waals surface area contributed by atoms with Crippen molar-refractivity contribution in [3.05, 3.63) is 29.3 Å². The van der Waals surface area contributed by atoms with Crippen molar-refractivity contribution in [2.75, 3.05) is 18.0 Å². The SMILES string of the molecule is CC1CCCCN1.CC1CCCCN1c1ccc(C(=O)O)cc1C#N. The van der Waals surface area contributed by atoms with Crippen LogP contribution in [0.1, 0.15) is 68.3 Å². The standard InChI is InChI=1S/C14H16N2O2.C6H13N/c1-10-4-2-3-7-16(10)13-6-5-11(14(17)18)8-12(13)9-15;1-6-4-2-3-5-7-6/h5-6,8,10H,2-4,7H2,1H3,(H,17,18);6-7H,2-5H2,1H3. The Balaban J connectivity index is 0.000000269. The number of hydrogen-bond donors (Lipinski definition) is 2. The van der Waals surface area contributed by atoms with Gasteiger partial charge in [0.15, 0.2) is 0 Å². The van der Waals surface area contributed by atoms with E-state index in [0.717, 1.165) is 31.1 Å². The topological polar surface area (TPSA) is 76.4 Å². The first-order chi connectivity index (χ1) is 12.0. The van der Waals surface area contributed by atoms with Crippen molar-refractivity contribution in [1.82, 2.24) is 5.32 Å². The van der Waals surface area contributed by atoms with Crippen molar-refractivity contribution in [2.24, 2.45) is 0 Å². The Morgan fingerprint density at radius 1 is 1.24 bits per heavy atom. The Kier molecular flexibility index (Phi) is 7.27. The summed E-state index contributed by atoms with van der Waals surface area (Å²) in [6.45, 7) is 6.56. The molecule has 0 aliphatic carbocycles. The average molecular weight is 343 g/mol. The first-order valence-electron chi connectivity index (χ1n) is 9.30. The molecule has 25 heavy (non-hydrogen) atoms. The molecule has 0 amide bonds. The number of hydrogen-bond acceptors (Lipinski definition) is 4. The number of carbonyl (C=O) groups is 1. The highest BCUT2D eigenvalue weighted by atomic mass is 16.4. The summed E-state index contributed by atoms with van der Waals surface area (Å²) in [7, 11) is 0. The quantitative estimate of drug-likeness (QED) is 0.854. The molecule has 0 aromatic heterocycles. The predicted octanol–water partition coefficient (Wildman–Crippen LogP) is 3.78. The number of nitrogens with zero attached hydrogens (tertiary/aromatic N) is 2. The number of nitrogens with one attached hydrogen (secondary N) is 1. The van der Waals surface area contributed by atoms with Crippen LogP contribution in [0.3, 0.4) is 0 Å². The fourth-order valence-electron chi connectivity index (χ4n) is 3.49. The van der Waals surface area contributed by atoms with Crippen molar-refractivity contribution in [2.45, 2.75) is 64.5 Å². The van der Waals surface area contributed by atoms with Gasteiger partial charge in [-0.05, 0) is 70.7 Å². The van der Waals surface area contributed by atoms with Crippen molar-refractivity contribution in [3.8, 4) is 6.07 Å². The number of piperidine rings is 2. The van der Waals surface area contributed by atoms with E-state index in [1.165, 1.54) is 38.3 Å². The summed E-state index contributed by atoms with van der Waals surface area (Å²) in [4.78, 5) is 13.1. The van der Waals surface area contributed by atoms with E-state index in [-0.39, 0.29) is 5.56 Å². The molecule has 2 aliphatic rings. The number of benzene rings is 1. The molecule has 1 aromatic carbocycles. The zero-order valence-electron chi connectivity index (χ0n) is 15.3. The second-order valence-corrected chi connectivity index (χ2v) is 7.04. The average Bonchev–Trinajstić information content (AvgIpc) is 2.63. The van der Waals surface area contributed by atoms with Gasteiger partial charge in [0, 0.05) is 18.6 Å². The molecule has 2 N–H and O–H groups in total. The van der Waals surface area contributed by atoms with Gasteiger partial charge in [0.25, 0.3) is 0 Å². The molecule has 3 rings (SSSR count). The van der Waals surface area contributed by atoms with E-state index in [1.807, 2.05) is 0 Å². The molecule has 0 bridgehead atoms. The zero-order chi connectivity index (χ0) is 18.2. The second kappa shape index (κ2) is 9.43. The smallest absolute Gasteiger partial charge is 0.335 e. The summed E-state index contributed by atoms with van der Waals surface area (Å²) in [5, 5.41) is 21.5. The molecule has 5 nitrogen and oxygen atoms in total. The van der Waals surface area contributed by atoms with Gasteiger partial charge in [-0.15, -0.1) is 0 Å². The molecule has 0 radical (unpaired) electrons. The molecule has 2 heterocycles. The molecule has 2 unspecified atom stereocenters. The lowest BCUT2D eigenvalue weighted by atomic mass is 10.0. The van der Waals surface area contributed by atoms with E-state index in [9.17, 15) is 10.1 Å². The van der Waals surface area contributed by atoms with Crippen LogP contribution in [0.2, 0.25) is 0 Å². The highest BCUT2D eigenvalue weighted by molar-refractivity contribution is 5.89. The van der Waals surface area contributed by atoms with Crippen LogP contribution in [-0.2, 0) is 0 Å². The Morgan fingerprint density at radius 3 is 2.52 bits per heavy atom. The maximum Gasteiger partial charge on any atom is 0.335 e. The van der Waals surface area contributed by atoms with Crippen LogP contribution in [0.25, 0.3) is 0 Å². The Morgan fingerprint density at radius 2 is 2.00 bits per heavy atom. The highest BCUT2D eigenvalue weighted by Gasteiger charge is 2.21. The van der Waals surface area contributed by atoms with Crippen LogP contribution in [0.5, 0.6) is 0 Å². The van der Waals surface area contributed by atoms with Crippen molar-refractivity contribution >= 4 is 11.7 Å². The van der Waals surface area contributed by atoms with Gasteiger partial charge < -0.3 is 15.3 Å². The van der Waals surface area contributed by atoms with Crippen LogP contribution >= 0.6 is 0 Å². The number of nitriles is 1. The Hall–Kier alpha value is -2.06. The fourth-order valence-corrected chi connectivity index (χ4v) is 3.49. The van der Waals surface area contributed by atoms with Gasteiger partial charge in [0.2, 0.25) is 0 Å². The lowest BCUT2D eigenvalue weighted by Gasteiger charge is -2.36. The van der Waals surface area contributed by atoms with Crippen molar-refractivity contribution in [3.63, 3.8) is 0 Å². The van der Waals surface area contributed by atoms with Crippen LogP contribution in [0.15, 0.2) is 18.2 Å². The number of aromatic carboxylic acids is 1. The third-order valence-corrected chi connectivity index (χ3v) is 5.03. The van der Waals surface area contributed by atoms with E-state index < -0.39 is 5.97 Å². The molecular weight excluding hydrogens is 314 g/mol. The number of carboxylic acid groups (broad SMARTS) is 1. The van der Waals surface area contributed by atoms with E-state index in [2.05, 4.69) is 30.1 Å². The summed E-state index contributed by atoms with van der Waals surface area (Å²) in [6, 6.07) is 8.07. The normalized spacial score (nSPS) is 23.2. The zero-order valence-corrected chi connectivity index (χ0v) is 15.3. The fraction of sp³-hybridized carbons (Fsp3) is 0.600.